The Kier molecular flexibility index (Phi) is 4.26. The van der Waals surface area contributed by atoms with Crippen LogP contribution in [0.25, 0.3) is 0 Å². The van der Waals surface area contributed by atoms with Crippen molar-refractivity contribution in [1.29, 1.82) is 0 Å². The van der Waals surface area contributed by atoms with E-state index in [2.05, 4.69) is 0 Å². The van der Waals surface area contributed by atoms with Gasteiger partial charge in [-0.25, -0.2) is 0 Å². The number of rotatable bonds is 3. The number of halogens is 1. The molecule has 0 unspecified atom stereocenters. The molecule has 0 heterocycles. The van der Waals surface area contributed by atoms with Crippen molar-refractivity contribution in [3.05, 3.63) is 61.7 Å². The van der Waals surface area contributed by atoms with Gasteiger partial charge in [0.05, 0.1) is 4.92 Å². The van der Waals surface area contributed by atoms with Crippen LogP contribution in [0.1, 0.15) is 35.1 Å². The quantitative estimate of drug-likeness (QED) is 0.548. The van der Waals surface area contributed by atoms with Gasteiger partial charge in [0.15, 0.2) is 0 Å². The molecule has 0 saturated carbocycles. The van der Waals surface area contributed by atoms with Crippen molar-refractivity contribution in [1.82, 2.24) is 0 Å². The Hall–Kier alpha value is -2.07. The molecule has 0 saturated heterocycles. The number of aryl methyl sites for hydroxylation is 2. The maximum absolute atomic E-state index is 11.0. The number of nitrogens with zero attached hydrogens (tertiary/aromatic N) is 1. The molecule has 3 rings (SSSR count). The van der Waals surface area contributed by atoms with Crippen LogP contribution in [-0.4, -0.2) is 4.92 Å². The first kappa shape index (κ1) is 15.8. The molecule has 23 heavy (non-hydrogen) atoms. The van der Waals surface area contributed by atoms with Crippen LogP contribution in [0, 0.1) is 24.0 Å². The molecule has 2 aromatic rings. The molecule has 1 aliphatic carbocycles. The minimum Gasteiger partial charge on any atom is -0.457 e. The molecule has 0 radical (unpaired) electrons. The number of hydrogen-bond acceptors (Lipinski definition) is 3. The monoisotopic (exact) mass is 331 g/mol. The third kappa shape index (κ3) is 3.04. The van der Waals surface area contributed by atoms with Gasteiger partial charge in [-0.05, 0) is 74.4 Å². The van der Waals surface area contributed by atoms with E-state index in [9.17, 15) is 10.1 Å². The van der Waals surface area contributed by atoms with Gasteiger partial charge >= 0.3 is 0 Å². The third-order valence-electron chi connectivity index (χ3n) is 4.34. The average molecular weight is 332 g/mol. The van der Waals surface area contributed by atoms with E-state index in [0.29, 0.717) is 11.3 Å². The van der Waals surface area contributed by atoms with Crippen LogP contribution in [0.2, 0.25) is 5.02 Å². The molecular weight excluding hydrogens is 314 g/mol. The molecule has 0 aromatic heterocycles. The number of benzene rings is 2. The molecule has 2 aromatic carbocycles. The van der Waals surface area contributed by atoms with Gasteiger partial charge < -0.3 is 4.74 Å². The summed E-state index contributed by atoms with van der Waals surface area (Å²) in [4.78, 5) is 10.7. The Labute approximate surface area is 140 Å². The Morgan fingerprint density at radius 3 is 2.43 bits per heavy atom. The molecule has 0 spiro atoms. The lowest BCUT2D eigenvalue weighted by Crippen LogP contribution is -2.06. The first-order valence-corrected chi connectivity index (χ1v) is 8.09. The Morgan fingerprint density at radius 1 is 1.04 bits per heavy atom. The number of ether oxygens (including phenoxy) is 1. The summed E-state index contributed by atoms with van der Waals surface area (Å²) in [5.41, 5.74) is 3.80. The molecule has 0 bridgehead atoms. The van der Waals surface area contributed by atoms with Crippen molar-refractivity contribution >= 4 is 17.3 Å². The van der Waals surface area contributed by atoms with Gasteiger partial charge in [-0.1, -0.05) is 11.6 Å². The first-order valence-electron chi connectivity index (χ1n) is 7.71. The van der Waals surface area contributed by atoms with Gasteiger partial charge in [0.2, 0.25) is 0 Å². The van der Waals surface area contributed by atoms with Crippen molar-refractivity contribution in [2.75, 3.05) is 0 Å². The van der Waals surface area contributed by atoms with Crippen LogP contribution in [0.15, 0.2) is 24.3 Å². The zero-order chi connectivity index (χ0) is 16.6. The molecule has 0 amide bonds. The fourth-order valence-corrected chi connectivity index (χ4v) is 3.36. The van der Waals surface area contributed by atoms with E-state index in [0.717, 1.165) is 42.0 Å². The number of nitro benzene ring substituents is 1. The second-order valence-electron chi connectivity index (χ2n) is 5.97. The summed E-state index contributed by atoms with van der Waals surface area (Å²) in [6.45, 7) is 3.55. The van der Waals surface area contributed by atoms with E-state index >= 15 is 0 Å². The van der Waals surface area contributed by atoms with E-state index in [-0.39, 0.29) is 10.6 Å². The summed E-state index contributed by atoms with van der Waals surface area (Å²) in [5, 5.41) is 11.8. The van der Waals surface area contributed by atoms with Crippen LogP contribution >= 0.6 is 11.6 Å². The summed E-state index contributed by atoms with van der Waals surface area (Å²) in [7, 11) is 0. The van der Waals surface area contributed by atoms with Crippen LogP contribution in [0.3, 0.4) is 0 Å². The fraction of sp³-hybridized carbons (Fsp3) is 0.333. The molecule has 5 heteroatoms. The minimum atomic E-state index is -0.365. The van der Waals surface area contributed by atoms with Gasteiger partial charge in [-0.15, -0.1) is 0 Å². The number of hydrogen-bond donors (Lipinski definition) is 0. The van der Waals surface area contributed by atoms with E-state index in [1.165, 1.54) is 11.1 Å². The topological polar surface area (TPSA) is 52.4 Å². The Bertz CT molecular complexity index is 786. The maximum atomic E-state index is 11.0. The number of nitro groups is 1. The predicted molar refractivity (Wildman–Crippen MR) is 90.7 cm³/mol. The fourth-order valence-electron chi connectivity index (χ4n) is 3.09. The van der Waals surface area contributed by atoms with Crippen molar-refractivity contribution in [2.24, 2.45) is 0 Å². The number of fused-ring (bicyclic) bond motifs is 1. The van der Waals surface area contributed by atoms with Crippen molar-refractivity contribution in [2.45, 2.75) is 39.5 Å². The van der Waals surface area contributed by atoms with Crippen LogP contribution < -0.4 is 4.74 Å². The van der Waals surface area contributed by atoms with Gasteiger partial charge in [0.1, 0.15) is 11.5 Å². The zero-order valence-corrected chi connectivity index (χ0v) is 13.9. The lowest BCUT2D eigenvalue weighted by Gasteiger charge is -2.21. The highest BCUT2D eigenvalue weighted by Gasteiger charge is 2.19. The highest BCUT2D eigenvalue weighted by Crippen LogP contribution is 2.38. The highest BCUT2D eigenvalue weighted by molar-refractivity contribution is 6.31. The summed E-state index contributed by atoms with van der Waals surface area (Å²) in [5.74, 6) is 1.46. The van der Waals surface area contributed by atoms with E-state index in [1.54, 1.807) is 19.1 Å². The summed E-state index contributed by atoms with van der Waals surface area (Å²) >= 11 is 6.30. The summed E-state index contributed by atoms with van der Waals surface area (Å²) < 4.78 is 6.10. The predicted octanol–water partition coefficient (Wildman–Crippen LogP) is 5.54. The van der Waals surface area contributed by atoms with Crippen molar-refractivity contribution in [3.8, 4) is 11.5 Å². The Balaban J connectivity index is 2.00. The maximum Gasteiger partial charge on any atom is 0.272 e. The normalized spacial score (nSPS) is 13.5. The van der Waals surface area contributed by atoms with Crippen molar-refractivity contribution in [3.63, 3.8) is 0 Å². The summed E-state index contributed by atoms with van der Waals surface area (Å²) in [6.07, 6.45) is 4.20. The van der Waals surface area contributed by atoms with E-state index < -0.39 is 0 Å². The van der Waals surface area contributed by atoms with Gasteiger partial charge in [0.25, 0.3) is 5.69 Å². The second-order valence-corrected chi connectivity index (χ2v) is 6.38. The first-order chi connectivity index (χ1) is 11.0. The molecule has 4 nitrogen and oxygen atoms in total. The zero-order valence-electron chi connectivity index (χ0n) is 13.2. The largest absolute Gasteiger partial charge is 0.457 e. The standard InChI is InChI=1S/C18H18ClNO3/c1-11-10-18(12(2)9-16(11)20(21)22)23-17-8-7-15(19)13-5-3-4-6-14(13)17/h7-10H,3-6H2,1-2H3. The molecule has 0 N–H and O–H groups in total. The molecule has 0 aliphatic heterocycles. The van der Waals surface area contributed by atoms with Gasteiger partial charge in [0, 0.05) is 16.7 Å². The summed E-state index contributed by atoms with van der Waals surface area (Å²) in [6, 6.07) is 7.06. The van der Waals surface area contributed by atoms with Crippen LogP contribution in [0.5, 0.6) is 11.5 Å². The van der Waals surface area contributed by atoms with Crippen LogP contribution in [-0.2, 0) is 12.8 Å². The molecule has 0 atom stereocenters. The van der Waals surface area contributed by atoms with Crippen LogP contribution in [0.4, 0.5) is 5.69 Å². The van der Waals surface area contributed by atoms with Crippen molar-refractivity contribution < 1.29 is 9.66 Å². The van der Waals surface area contributed by atoms with Gasteiger partial charge in [-0.3, -0.25) is 10.1 Å². The van der Waals surface area contributed by atoms with E-state index in [4.69, 9.17) is 16.3 Å². The molecule has 0 fully saturated rings. The second kappa shape index (κ2) is 6.20. The van der Waals surface area contributed by atoms with Gasteiger partial charge in [-0.2, -0.15) is 0 Å². The minimum absolute atomic E-state index is 0.119. The average Bonchev–Trinajstić information content (AvgIpc) is 2.53. The molecular formula is C18H18ClNO3. The SMILES string of the molecule is Cc1cc([N+](=O)[O-])c(C)cc1Oc1ccc(Cl)c2c1CCCC2. The van der Waals surface area contributed by atoms with E-state index in [1.807, 2.05) is 19.1 Å². The third-order valence-corrected chi connectivity index (χ3v) is 4.70. The lowest BCUT2D eigenvalue weighted by atomic mass is 9.91. The molecule has 120 valence electrons. The Morgan fingerprint density at radius 2 is 1.74 bits per heavy atom. The highest BCUT2D eigenvalue weighted by atomic mass is 35.5. The molecule has 1 aliphatic rings. The lowest BCUT2D eigenvalue weighted by molar-refractivity contribution is -0.385. The smallest absolute Gasteiger partial charge is 0.272 e.